The lowest BCUT2D eigenvalue weighted by Gasteiger charge is -2.20. The van der Waals surface area contributed by atoms with E-state index in [1.54, 1.807) is 9.58 Å². The van der Waals surface area contributed by atoms with Crippen molar-refractivity contribution in [3.05, 3.63) is 41.2 Å². The summed E-state index contributed by atoms with van der Waals surface area (Å²) in [6.45, 7) is 4.57. The molecule has 24 heavy (non-hydrogen) atoms. The summed E-state index contributed by atoms with van der Waals surface area (Å²) in [5.41, 5.74) is 4.26. The lowest BCUT2D eigenvalue weighted by Crippen LogP contribution is -2.26. The first-order valence-corrected chi connectivity index (χ1v) is 8.15. The molecule has 0 bridgehead atoms. The number of anilines is 2. The van der Waals surface area contributed by atoms with Gasteiger partial charge < -0.3 is 10.2 Å². The Morgan fingerprint density at radius 3 is 2.67 bits per heavy atom. The molecule has 6 heteroatoms. The van der Waals surface area contributed by atoms with Crippen molar-refractivity contribution in [1.82, 2.24) is 9.78 Å². The number of hydrogen-bond donors (Lipinski definition) is 1. The van der Waals surface area contributed by atoms with Crippen LogP contribution in [0.3, 0.4) is 0 Å². The summed E-state index contributed by atoms with van der Waals surface area (Å²) in [5, 5.41) is 7.30. The summed E-state index contributed by atoms with van der Waals surface area (Å²) in [4.78, 5) is 26.2. The van der Waals surface area contributed by atoms with E-state index in [9.17, 15) is 9.59 Å². The Balaban J connectivity index is 1.79. The summed E-state index contributed by atoms with van der Waals surface area (Å²) < 4.78 is 1.79. The Labute approximate surface area is 141 Å². The van der Waals surface area contributed by atoms with Gasteiger partial charge >= 0.3 is 0 Å². The van der Waals surface area contributed by atoms with Gasteiger partial charge in [-0.05, 0) is 32.4 Å². The van der Waals surface area contributed by atoms with Crippen molar-refractivity contribution in [2.24, 2.45) is 7.05 Å². The van der Waals surface area contributed by atoms with Crippen LogP contribution in [0.15, 0.2) is 24.3 Å². The molecule has 0 saturated carbocycles. The normalized spacial score (nSPS) is 14.3. The Bertz CT molecular complexity index is 794. The largest absolute Gasteiger partial charge is 0.324 e. The zero-order valence-corrected chi connectivity index (χ0v) is 14.3. The second kappa shape index (κ2) is 6.47. The summed E-state index contributed by atoms with van der Waals surface area (Å²) >= 11 is 0. The molecule has 0 unspecified atom stereocenters. The molecule has 0 atom stereocenters. The minimum atomic E-state index is -0.103. The summed E-state index contributed by atoms with van der Waals surface area (Å²) in [6.07, 6.45) is 1.69. The molecule has 1 aromatic carbocycles. The quantitative estimate of drug-likeness (QED) is 0.938. The molecule has 1 saturated heterocycles. The smallest absolute Gasteiger partial charge is 0.228 e. The first-order valence-electron chi connectivity index (χ1n) is 8.15. The Morgan fingerprint density at radius 2 is 2.04 bits per heavy atom. The van der Waals surface area contributed by atoms with Gasteiger partial charge in [0.1, 0.15) is 0 Å². The van der Waals surface area contributed by atoms with Gasteiger partial charge in [0.2, 0.25) is 11.8 Å². The molecule has 1 aliphatic rings. The van der Waals surface area contributed by atoms with Crippen molar-refractivity contribution >= 4 is 23.2 Å². The fourth-order valence-electron chi connectivity index (χ4n) is 3.15. The van der Waals surface area contributed by atoms with E-state index in [1.807, 2.05) is 45.2 Å². The fraction of sp³-hybridized carbons (Fsp3) is 0.389. The SMILES string of the molecule is Cc1nn(C)c(C)c1CC(=O)Nc1ccccc1N1CCCC1=O. The molecule has 1 fully saturated rings. The number of rotatable bonds is 4. The lowest BCUT2D eigenvalue weighted by molar-refractivity contribution is -0.117. The molecule has 1 aliphatic heterocycles. The maximum Gasteiger partial charge on any atom is 0.228 e. The monoisotopic (exact) mass is 326 g/mol. The van der Waals surface area contributed by atoms with Crippen molar-refractivity contribution in [2.75, 3.05) is 16.8 Å². The van der Waals surface area contributed by atoms with Gasteiger partial charge in [-0.15, -0.1) is 0 Å². The number of amides is 2. The van der Waals surface area contributed by atoms with E-state index in [-0.39, 0.29) is 18.2 Å². The van der Waals surface area contributed by atoms with Gasteiger partial charge in [-0.2, -0.15) is 5.10 Å². The summed E-state index contributed by atoms with van der Waals surface area (Å²) in [5.74, 6) is 0.00365. The van der Waals surface area contributed by atoms with Crippen molar-refractivity contribution in [1.29, 1.82) is 0 Å². The fourth-order valence-corrected chi connectivity index (χ4v) is 3.15. The van der Waals surface area contributed by atoms with Crippen molar-refractivity contribution in [3.8, 4) is 0 Å². The first-order chi connectivity index (χ1) is 11.5. The molecule has 2 amide bonds. The third-order valence-electron chi connectivity index (χ3n) is 4.54. The topological polar surface area (TPSA) is 67.2 Å². The van der Waals surface area contributed by atoms with E-state index in [0.29, 0.717) is 18.7 Å². The minimum absolute atomic E-state index is 0.103. The van der Waals surface area contributed by atoms with E-state index in [2.05, 4.69) is 10.4 Å². The molecule has 2 aromatic rings. The summed E-state index contributed by atoms with van der Waals surface area (Å²) in [7, 11) is 1.87. The third kappa shape index (κ3) is 3.04. The van der Waals surface area contributed by atoms with Crippen LogP contribution < -0.4 is 10.2 Å². The zero-order chi connectivity index (χ0) is 17.3. The molecule has 0 aliphatic carbocycles. The van der Waals surface area contributed by atoms with Crippen LogP contribution in [0.1, 0.15) is 29.8 Å². The molecule has 126 valence electrons. The minimum Gasteiger partial charge on any atom is -0.324 e. The van der Waals surface area contributed by atoms with E-state index in [1.165, 1.54) is 0 Å². The Morgan fingerprint density at radius 1 is 1.29 bits per heavy atom. The van der Waals surface area contributed by atoms with Crippen LogP contribution in [0.5, 0.6) is 0 Å². The van der Waals surface area contributed by atoms with Crippen LogP contribution in [0, 0.1) is 13.8 Å². The first kappa shape index (κ1) is 16.2. The van der Waals surface area contributed by atoms with E-state index in [0.717, 1.165) is 29.1 Å². The van der Waals surface area contributed by atoms with Crippen LogP contribution >= 0.6 is 0 Å². The Hall–Kier alpha value is -2.63. The van der Waals surface area contributed by atoms with Gasteiger partial charge in [-0.3, -0.25) is 14.3 Å². The number of benzene rings is 1. The average Bonchev–Trinajstić information content (AvgIpc) is 3.07. The van der Waals surface area contributed by atoms with Crippen molar-refractivity contribution in [3.63, 3.8) is 0 Å². The van der Waals surface area contributed by atoms with Gasteiger partial charge in [0.05, 0.1) is 23.5 Å². The number of aromatic nitrogens is 2. The maximum absolute atomic E-state index is 12.5. The maximum atomic E-state index is 12.5. The highest BCUT2D eigenvalue weighted by molar-refractivity contribution is 6.02. The second-order valence-electron chi connectivity index (χ2n) is 6.16. The van der Waals surface area contributed by atoms with Crippen LogP contribution in [0.2, 0.25) is 0 Å². The molecule has 0 spiro atoms. The van der Waals surface area contributed by atoms with Crippen LogP contribution in [-0.2, 0) is 23.1 Å². The van der Waals surface area contributed by atoms with Crippen molar-refractivity contribution in [2.45, 2.75) is 33.1 Å². The van der Waals surface area contributed by atoms with Gasteiger partial charge in [-0.1, -0.05) is 12.1 Å². The number of para-hydroxylation sites is 2. The summed E-state index contributed by atoms with van der Waals surface area (Å²) in [6, 6.07) is 7.45. The van der Waals surface area contributed by atoms with Crippen LogP contribution in [0.25, 0.3) is 0 Å². The number of nitrogens with zero attached hydrogens (tertiary/aromatic N) is 3. The van der Waals surface area contributed by atoms with Gasteiger partial charge in [0.15, 0.2) is 0 Å². The molecular weight excluding hydrogens is 304 g/mol. The molecule has 0 radical (unpaired) electrons. The van der Waals surface area contributed by atoms with Gasteiger partial charge in [-0.25, -0.2) is 0 Å². The zero-order valence-electron chi connectivity index (χ0n) is 14.3. The highest BCUT2D eigenvalue weighted by atomic mass is 16.2. The number of hydrogen-bond acceptors (Lipinski definition) is 3. The highest BCUT2D eigenvalue weighted by Gasteiger charge is 2.24. The van der Waals surface area contributed by atoms with Gasteiger partial charge in [0, 0.05) is 31.3 Å². The number of carbonyl (C=O) groups excluding carboxylic acids is 2. The van der Waals surface area contributed by atoms with E-state index < -0.39 is 0 Å². The standard InChI is InChI=1S/C18H22N4O2/c1-12-14(13(2)21(3)20-12)11-17(23)19-15-7-4-5-8-16(15)22-10-6-9-18(22)24/h4-5,7-8H,6,9-11H2,1-3H3,(H,19,23). The average molecular weight is 326 g/mol. The Kier molecular flexibility index (Phi) is 4.38. The van der Waals surface area contributed by atoms with Crippen LogP contribution in [0.4, 0.5) is 11.4 Å². The van der Waals surface area contributed by atoms with Gasteiger partial charge in [0.25, 0.3) is 0 Å². The highest BCUT2D eigenvalue weighted by Crippen LogP contribution is 2.29. The second-order valence-corrected chi connectivity index (χ2v) is 6.16. The molecule has 2 heterocycles. The van der Waals surface area contributed by atoms with Crippen LogP contribution in [-0.4, -0.2) is 28.1 Å². The van der Waals surface area contributed by atoms with E-state index >= 15 is 0 Å². The predicted octanol–water partition coefficient (Wildman–Crippen LogP) is 2.34. The predicted molar refractivity (Wildman–Crippen MR) is 93.0 cm³/mol. The number of nitrogens with one attached hydrogen (secondary N) is 1. The lowest BCUT2D eigenvalue weighted by atomic mass is 10.1. The number of aryl methyl sites for hydroxylation is 2. The molecule has 1 aromatic heterocycles. The molecule has 1 N–H and O–H groups in total. The third-order valence-corrected chi connectivity index (χ3v) is 4.54. The van der Waals surface area contributed by atoms with Crippen molar-refractivity contribution < 1.29 is 9.59 Å². The number of carbonyl (C=O) groups is 2. The molecular formula is C18H22N4O2. The van der Waals surface area contributed by atoms with E-state index in [4.69, 9.17) is 0 Å². The molecule has 3 rings (SSSR count). The molecule has 6 nitrogen and oxygen atoms in total.